The zero-order chi connectivity index (χ0) is 17.5. The van der Waals surface area contributed by atoms with E-state index in [4.69, 9.17) is 0 Å². The molecule has 24 heavy (non-hydrogen) atoms. The number of aromatic nitrogens is 2. The van der Waals surface area contributed by atoms with Crippen LogP contribution in [0.1, 0.15) is 25.1 Å². The molecule has 0 saturated carbocycles. The maximum absolute atomic E-state index is 11.7. The Bertz CT molecular complexity index is 774. The Kier molecular flexibility index (Phi) is 5.78. The number of amides is 1. The molecule has 0 fully saturated rings. The van der Waals surface area contributed by atoms with E-state index < -0.39 is 0 Å². The Hall–Kier alpha value is -3.03. The van der Waals surface area contributed by atoms with Gasteiger partial charge in [-0.05, 0) is 26.0 Å². The van der Waals surface area contributed by atoms with Crippen molar-refractivity contribution in [3.05, 3.63) is 45.9 Å². The lowest BCUT2D eigenvalue weighted by Gasteiger charge is -2.21. The predicted octanol–water partition coefficient (Wildman–Crippen LogP) is 0.948. The van der Waals surface area contributed by atoms with E-state index in [2.05, 4.69) is 25.6 Å². The van der Waals surface area contributed by atoms with Gasteiger partial charge in [-0.25, -0.2) is 5.43 Å². The molecule has 0 radical (unpaired) electrons. The van der Waals surface area contributed by atoms with E-state index in [1.807, 2.05) is 19.9 Å². The number of rotatable bonds is 7. The first kappa shape index (κ1) is 17.3. The molecule has 4 N–H and O–H groups in total. The van der Waals surface area contributed by atoms with Crippen LogP contribution in [0, 0.1) is 0 Å². The van der Waals surface area contributed by atoms with E-state index >= 15 is 0 Å². The number of hydrazone groups is 1. The lowest BCUT2D eigenvalue weighted by atomic mass is 10.2. The molecule has 1 aromatic heterocycles. The molecule has 0 aliphatic heterocycles. The molecule has 128 valence electrons. The first-order valence-corrected chi connectivity index (χ1v) is 7.70. The van der Waals surface area contributed by atoms with Crippen molar-refractivity contribution < 1.29 is 9.90 Å². The van der Waals surface area contributed by atoms with Gasteiger partial charge in [0.15, 0.2) is 0 Å². The van der Waals surface area contributed by atoms with E-state index in [-0.39, 0.29) is 23.6 Å². The highest BCUT2D eigenvalue weighted by Crippen LogP contribution is 2.23. The Balaban J connectivity index is 1.96. The first-order valence-electron chi connectivity index (χ1n) is 7.70. The normalized spacial score (nSPS) is 10.9. The summed E-state index contributed by atoms with van der Waals surface area (Å²) in [4.78, 5) is 24.7. The van der Waals surface area contributed by atoms with Gasteiger partial charge in [0.25, 0.3) is 5.56 Å². The molecular formula is C16H21N5O3. The lowest BCUT2D eigenvalue weighted by Crippen LogP contribution is -2.21. The van der Waals surface area contributed by atoms with Crippen molar-refractivity contribution in [2.75, 3.05) is 18.0 Å². The van der Waals surface area contributed by atoms with Crippen molar-refractivity contribution in [3.63, 3.8) is 0 Å². The zero-order valence-electron chi connectivity index (χ0n) is 13.7. The number of carbonyl (C=O) groups is 1. The zero-order valence-corrected chi connectivity index (χ0v) is 13.7. The van der Waals surface area contributed by atoms with Gasteiger partial charge in [-0.3, -0.25) is 14.7 Å². The molecule has 1 heterocycles. The smallest absolute Gasteiger partial charge is 0.264 e. The van der Waals surface area contributed by atoms with Crippen molar-refractivity contribution >= 4 is 17.8 Å². The summed E-state index contributed by atoms with van der Waals surface area (Å²) in [5, 5.41) is 18.8. The van der Waals surface area contributed by atoms with Crippen LogP contribution in [-0.2, 0) is 11.2 Å². The van der Waals surface area contributed by atoms with E-state index in [9.17, 15) is 14.7 Å². The molecule has 0 aliphatic carbocycles. The molecule has 0 unspecified atom stereocenters. The van der Waals surface area contributed by atoms with Crippen LogP contribution < -0.4 is 15.9 Å². The molecule has 8 nitrogen and oxygen atoms in total. The van der Waals surface area contributed by atoms with Crippen LogP contribution in [0.25, 0.3) is 0 Å². The van der Waals surface area contributed by atoms with E-state index in [1.54, 1.807) is 12.1 Å². The third-order valence-electron chi connectivity index (χ3n) is 3.54. The second-order valence-electron chi connectivity index (χ2n) is 5.17. The van der Waals surface area contributed by atoms with Gasteiger partial charge in [-0.1, -0.05) is 0 Å². The molecule has 2 rings (SSSR count). The summed E-state index contributed by atoms with van der Waals surface area (Å²) in [5.41, 5.74) is 3.96. The van der Waals surface area contributed by atoms with Crippen LogP contribution in [-0.4, -0.2) is 40.5 Å². The number of carbonyl (C=O) groups excluding carboxylic acids is 1. The van der Waals surface area contributed by atoms with Gasteiger partial charge >= 0.3 is 0 Å². The maximum Gasteiger partial charge on any atom is 0.264 e. The number of nitrogens with one attached hydrogen (secondary N) is 3. The van der Waals surface area contributed by atoms with Crippen LogP contribution in [0.4, 0.5) is 5.69 Å². The van der Waals surface area contributed by atoms with Crippen molar-refractivity contribution in [1.82, 2.24) is 15.6 Å². The van der Waals surface area contributed by atoms with Gasteiger partial charge in [-0.15, -0.1) is 0 Å². The summed E-state index contributed by atoms with van der Waals surface area (Å²) in [6.45, 7) is 5.79. The average Bonchev–Trinajstić information content (AvgIpc) is 2.95. The van der Waals surface area contributed by atoms with Crippen LogP contribution in [0.15, 0.2) is 34.2 Å². The molecule has 0 saturated heterocycles. The molecule has 8 heteroatoms. The number of aromatic amines is 2. The average molecular weight is 331 g/mol. The van der Waals surface area contributed by atoms with Crippen LogP contribution in [0.2, 0.25) is 0 Å². The Morgan fingerprint density at radius 2 is 2.04 bits per heavy atom. The molecular weight excluding hydrogens is 310 g/mol. The van der Waals surface area contributed by atoms with Crippen molar-refractivity contribution in [1.29, 1.82) is 0 Å². The predicted molar refractivity (Wildman–Crippen MR) is 92.5 cm³/mol. The Labute approximate surface area is 139 Å². The number of H-pyrrole nitrogens is 2. The second kappa shape index (κ2) is 8.00. The first-order chi connectivity index (χ1) is 11.5. The summed E-state index contributed by atoms with van der Waals surface area (Å²) in [7, 11) is 0. The lowest BCUT2D eigenvalue weighted by molar-refractivity contribution is -0.120. The van der Waals surface area contributed by atoms with Gasteiger partial charge in [-0.2, -0.15) is 5.10 Å². The van der Waals surface area contributed by atoms with Crippen LogP contribution >= 0.6 is 0 Å². The number of hydrogen-bond donors (Lipinski definition) is 4. The van der Waals surface area contributed by atoms with Gasteiger partial charge < -0.3 is 15.1 Å². The fourth-order valence-electron chi connectivity index (χ4n) is 2.28. The summed E-state index contributed by atoms with van der Waals surface area (Å²) in [6.07, 6.45) is 1.38. The van der Waals surface area contributed by atoms with Crippen molar-refractivity contribution in [3.8, 4) is 5.75 Å². The minimum absolute atomic E-state index is 0.00294. The molecule has 1 aromatic carbocycles. The van der Waals surface area contributed by atoms with Gasteiger partial charge in [0.2, 0.25) is 5.91 Å². The second-order valence-corrected chi connectivity index (χ2v) is 5.17. The topological polar surface area (TPSA) is 114 Å². The molecule has 0 atom stereocenters. The van der Waals surface area contributed by atoms with E-state index in [1.165, 1.54) is 12.3 Å². The summed E-state index contributed by atoms with van der Waals surface area (Å²) in [6, 6.07) is 6.60. The quantitative estimate of drug-likeness (QED) is 0.447. The number of phenols is 1. The summed E-state index contributed by atoms with van der Waals surface area (Å²) >= 11 is 0. The SMILES string of the molecule is CCN(CC)c1ccc(/C=N/NC(=O)Cc2cc(=O)[nH][nH]2)c(O)c1. The molecule has 0 aliphatic rings. The van der Waals surface area contributed by atoms with Crippen LogP contribution in [0.3, 0.4) is 0 Å². The minimum atomic E-state index is -0.374. The molecule has 1 amide bonds. The van der Waals surface area contributed by atoms with Crippen LogP contribution in [0.5, 0.6) is 5.75 Å². The third kappa shape index (κ3) is 4.48. The summed E-state index contributed by atoms with van der Waals surface area (Å²) in [5.74, 6) is -0.284. The van der Waals surface area contributed by atoms with Gasteiger partial charge in [0.1, 0.15) is 5.75 Å². The number of anilines is 1. The Morgan fingerprint density at radius 1 is 1.29 bits per heavy atom. The van der Waals surface area contributed by atoms with E-state index in [0.717, 1.165) is 18.8 Å². The highest BCUT2D eigenvalue weighted by molar-refractivity contribution is 5.86. The van der Waals surface area contributed by atoms with Gasteiger partial charge in [0, 0.05) is 42.2 Å². The fraction of sp³-hybridized carbons (Fsp3) is 0.312. The van der Waals surface area contributed by atoms with E-state index in [0.29, 0.717) is 11.3 Å². The highest BCUT2D eigenvalue weighted by atomic mass is 16.3. The van der Waals surface area contributed by atoms with Crippen molar-refractivity contribution in [2.45, 2.75) is 20.3 Å². The van der Waals surface area contributed by atoms with Gasteiger partial charge in [0.05, 0.1) is 12.6 Å². The summed E-state index contributed by atoms with van der Waals surface area (Å²) < 4.78 is 0. The number of aromatic hydroxyl groups is 1. The molecule has 2 aromatic rings. The number of benzene rings is 1. The molecule has 0 spiro atoms. The monoisotopic (exact) mass is 331 g/mol. The number of phenolic OH excluding ortho intramolecular Hbond substituents is 1. The van der Waals surface area contributed by atoms with Crippen molar-refractivity contribution in [2.24, 2.45) is 5.10 Å². The largest absolute Gasteiger partial charge is 0.507 e. The number of hydrogen-bond acceptors (Lipinski definition) is 5. The maximum atomic E-state index is 11.7. The third-order valence-corrected chi connectivity index (χ3v) is 3.54. The molecule has 0 bridgehead atoms. The highest BCUT2D eigenvalue weighted by Gasteiger charge is 2.06. The Morgan fingerprint density at radius 3 is 2.62 bits per heavy atom. The number of nitrogens with zero attached hydrogens (tertiary/aromatic N) is 2. The minimum Gasteiger partial charge on any atom is -0.507 e. The standard InChI is InChI=1S/C16H21N5O3/c1-3-21(4-2)13-6-5-11(14(22)9-13)10-17-19-15(23)7-12-8-16(24)20-18-12/h5-6,8-10,22H,3-4,7H2,1-2H3,(H,19,23)(H2,18,20,24)/b17-10+. The fourth-order valence-corrected chi connectivity index (χ4v) is 2.28.